The highest BCUT2D eigenvalue weighted by atomic mass is 19.2. The van der Waals surface area contributed by atoms with Crippen LogP contribution in [0.4, 0.5) is 39.4 Å². The number of piperazine rings is 1. The van der Waals surface area contributed by atoms with Gasteiger partial charge in [0.05, 0.1) is 28.7 Å². The van der Waals surface area contributed by atoms with Crippen LogP contribution in [0.25, 0.3) is 10.9 Å². The zero-order valence-corrected chi connectivity index (χ0v) is 19.8. The average molecular weight is 523 g/mol. The number of hydrogen-bond acceptors (Lipinski definition) is 5. The van der Waals surface area contributed by atoms with Gasteiger partial charge in [0.2, 0.25) is 0 Å². The molecule has 3 N–H and O–H groups in total. The molecular formula is C27H21F4N5O2. The first-order chi connectivity index (χ1) is 18.3. The van der Waals surface area contributed by atoms with E-state index in [1.807, 2.05) is 11.4 Å². The van der Waals surface area contributed by atoms with Crippen molar-refractivity contribution in [2.24, 2.45) is 0 Å². The van der Waals surface area contributed by atoms with E-state index >= 15 is 4.39 Å². The summed E-state index contributed by atoms with van der Waals surface area (Å²) in [6.07, 6.45) is 1.72. The molecule has 1 fully saturated rings. The van der Waals surface area contributed by atoms with E-state index in [1.165, 1.54) is 30.3 Å². The fourth-order valence-electron chi connectivity index (χ4n) is 4.25. The van der Waals surface area contributed by atoms with Gasteiger partial charge in [0.1, 0.15) is 5.82 Å². The van der Waals surface area contributed by atoms with Crippen molar-refractivity contribution in [2.45, 2.75) is 0 Å². The van der Waals surface area contributed by atoms with Gasteiger partial charge in [0.25, 0.3) is 0 Å². The van der Waals surface area contributed by atoms with Gasteiger partial charge in [-0.15, -0.1) is 0 Å². The van der Waals surface area contributed by atoms with Crippen LogP contribution < -0.4 is 20.9 Å². The van der Waals surface area contributed by atoms with Crippen molar-refractivity contribution >= 4 is 39.8 Å². The summed E-state index contributed by atoms with van der Waals surface area (Å²) in [6, 6.07) is 10.4. The number of anilines is 3. The molecule has 3 aromatic carbocycles. The molecule has 0 unspecified atom stereocenters. The van der Waals surface area contributed by atoms with Gasteiger partial charge < -0.3 is 20.9 Å². The molecule has 4 aromatic rings. The summed E-state index contributed by atoms with van der Waals surface area (Å²) in [6.45, 7) is 3.17. The van der Waals surface area contributed by atoms with Crippen LogP contribution in [0, 0.1) is 23.3 Å². The Hall–Kier alpha value is -4.51. The maximum Gasteiger partial charge on any atom is 0.323 e. The maximum atomic E-state index is 15.3. The molecule has 1 saturated heterocycles. The van der Waals surface area contributed by atoms with Crippen molar-refractivity contribution in [1.29, 1.82) is 0 Å². The SMILES string of the molecule is O=C(Nc1cccc(F)c1)Nc1cc(F)c(F)c(C(=O)c2ccc3ncc(N4CCNCC4)cc3c2)c1F. The summed E-state index contributed by atoms with van der Waals surface area (Å²) in [5.74, 6) is -6.39. The first kappa shape index (κ1) is 25.2. The van der Waals surface area contributed by atoms with E-state index in [1.54, 1.807) is 6.20 Å². The topological polar surface area (TPSA) is 86.4 Å². The van der Waals surface area contributed by atoms with Crippen molar-refractivity contribution in [3.05, 3.63) is 95.2 Å². The Labute approximate surface area is 214 Å². The minimum Gasteiger partial charge on any atom is -0.368 e. The van der Waals surface area contributed by atoms with E-state index < -0.39 is 46.3 Å². The van der Waals surface area contributed by atoms with E-state index in [-0.39, 0.29) is 11.3 Å². The Bertz CT molecular complexity index is 1560. The molecule has 0 aliphatic carbocycles. The number of nitrogens with zero attached hydrogens (tertiary/aromatic N) is 2. The summed E-state index contributed by atoms with van der Waals surface area (Å²) in [5.41, 5.74) is -0.553. The Morgan fingerprint density at radius 1 is 0.895 bits per heavy atom. The van der Waals surface area contributed by atoms with Crippen molar-refractivity contribution in [3.63, 3.8) is 0 Å². The molecule has 0 atom stereocenters. The lowest BCUT2D eigenvalue weighted by atomic mass is 9.99. The summed E-state index contributed by atoms with van der Waals surface area (Å²) in [7, 11) is 0. The minimum atomic E-state index is -1.68. The second-order valence-electron chi connectivity index (χ2n) is 8.67. The number of benzene rings is 3. The molecule has 2 amide bonds. The fourth-order valence-corrected chi connectivity index (χ4v) is 4.25. The van der Waals surface area contributed by atoms with E-state index in [9.17, 15) is 22.8 Å². The summed E-state index contributed by atoms with van der Waals surface area (Å²) in [5, 5.41) is 8.11. The third-order valence-electron chi connectivity index (χ3n) is 6.13. The predicted molar refractivity (Wildman–Crippen MR) is 136 cm³/mol. The van der Waals surface area contributed by atoms with Crippen LogP contribution in [0.2, 0.25) is 0 Å². The number of carbonyl (C=O) groups is 2. The first-order valence-corrected chi connectivity index (χ1v) is 11.7. The molecule has 0 spiro atoms. The predicted octanol–water partition coefficient (Wildman–Crippen LogP) is 5.08. The first-order valence-electron chi connectivity index (χ1n) is 11.7. The number of aromatic nitrogens is 1. The molecule has 1 aliphatic rings. The van der Waals surface area contributed by atoms with Gasteiger partial charge in [-0.3, -0.25) is 9.78 Å². The number of rotatable bonds is 5. The highest BCUT2D eigenvalue weighted by molar-refractivity contribution is 6.12. The second kappa shape index (κ2) is 10.5. The molecule has 2 heterocycles. The maximum absolute atomic E-state index is 15.3. The third kappa shape index (κ3) is 5.14. The highest BCUT2D eigenvalue weighted by Gasteiger charge is 2.26. The van der Waals surface area contributed by atoms with Gasteiger partial charge in [-0.25, -0.2) is 22.4 Å². The number of nitrogens with one attached hydrogen (secondary N) is 3. The van der Waals surface area contributed by atoms with Gasteiger partial charge >= 0.3 is 6.03 Å². The molecule has 1 aromatic heterocycles. The normalized spacial score (nSPS) is 13.4. The molecule has 0 saturated carbocycles. The smallest absolute Gasteiger partial charge is 0.323 e. The molecule has 194 valence electrons. The number of urea groups is 1. The zero-order chi connectivity index (χ0) is 26.8. The number of hydrogen-bond donors (Lipinski definition) is 3. The van der Waals surface area contributed by atoms with Crippen LogP contribution >= 0.6 is 0 Å². The van der Waals surface area contributed by atoms with E-state index in [2.05, 4.69) is 20.5 Å². The van der Waals surface area contributed by atoms with Gasteiger partial charge in [-0.1, -0.05) is 6.07 Å². The van der Waals surface area contributed by atoms with Crippen molar-refractivity contribution in [2.75, 3.05) is 41.7 Å². The van der Waals surface area contributed by atoms with Crippen LogP contribution in [0.1, 0.15) is 15.9 Å². The third-order valence-corrected chi connectivity index (χ3v) is 6.13. The number of pyridine rings is 1. The monoisotopic (exact) mass is 523 g/mol. The van der Waals surface area contributed by atoms with Gasteiger partial charge in [0, 0.05) is 48.9 Å². The summed E-state index contributed by atoms with van der Waals surface area (Å²) < 4.78 is 57.7. The Kier molecular flexibility index (Phi) is 6.93. The summed E-state index contributed by atoms with van der Waals surface area (Å²) >= 11 is 0. The zero-order valence-electron chi connectivity index (χ0n) is 19.8. The molecule has 1 aliphatic heterocycles. The second-order valence-corrected chi connectivity index (χ2v) is 8.67. The van der Waals surface area contributed by atoms with Crippen molar-refractivity contribution in [3.8, 4) is 0 Å². The molecular weight excluding hydrogens is 502 g/mol. The molecule has 0 bridgehead atoms. The van der Waals surface area contributed by atoms with E-state index in [0.29, 0.717) is 17.0 Å². The standard InChI is InChI=1S/C27H21F4N5O2/c28-17-2-1-3-18(12-17)34-27(38)35-22-13-20(29)24(30)23(25(22)31)26(37)15-4-5-21-16(10-15)11-19(14-33-21)36-8-6-32-7-9-36/h1-5,10-14,32H,6-9H2,(H2,34,35,38). The highest BCUT2D eigenvalue weighted by Crippen LogP contribution is 2.28. The largest absolute Gasteiger partial charge is 0.368 e. The lowest BCUT2D eigenvalue weighted by Crippen LogP contribution is -2.43. The number of carbonyl (C=O) groups excluding carboxylic acids is 2. The lowest BCUT2D eigenvalue weighted by Gasteiger charge is -2.29. The van der Waals surface area contributed by atoms with E-state index in [4.69, 9.17) is 0 Å². The molecule has 0 radical (unpaired) electrons. The fraction of sp³-hybridized carbons (Fsp3) is 0.148. The molecule has 38 heavy (non-hydrogen) atoms. The average Bonchev–Trinajstić information content (AvgIpc) is 2.91. The van der Waals surface area contributed by atoms with Crippen LogP contribution in [-0.4, -0.2) is 43.0 Å². The molecule has 7 nitrogen and oxygen atoms in total. The Morgan fingerprint density at radius 2 is 1.68 bits per heavy atom. The van der Waals surface area contributed by atoms with Crippen LogP contribution in [0.15, 0.2) is 60.8 Å². The van der Waals surface area contributed by atoms with Crippen molar-refractivity contribution < 1.29 is 27.2 Å². The van der Waals surface area contributed by atoms with Crippen LogP contribution in [-0.2, 0) is 0 Å². The van der Waals surface area contributed by atoms with Crippen LogP contribution in [0.3, 0.4) is 0 Å². The quantitative estimate of drug-likeness (QED) is 0.193. The van der Waals surface area contributed by atoms with Gasteiger partial charge in [0.15, 0.2) is 23.2 Å². The number of fused-ring (bicyclic) bond motifs is 1. The van der Waals surface area contributed by atoms with Crippen molar-refractivity contribution in [1.82, 2.24) is 10.3 Å². The Balaban J connectivity index is 1.44. The minimum absolute atomic E-state index is 0.0479. The lowest BCUT2D eigenvalue weighted by molar-refractivity contribution is 0.103. The molecule has 5 rings (SSSR count). The van der Waals surface area contributed by atoms with Gasteiger partial charge in [-0.05, 0) is 42.5 Å². The molecule has 11 heteroatoms. The van der Waals surface area contributed by atoms with E-state index in [0.717, 1.165) is 44.0 Å². The number of amides is 2. The number of ketones is 1. The number of halogens is 4. The van der Waals surface area contributed by atoms with Gasteiger partial charge in [-0.2, -0.15) is 0 Å². The Morgan fingerprint density at radius 3 is 2.45 bits per heavy atom. The van der Waals surface area contributed by atoms with Crippen LogP contribution in [0.5, 0.6) is 0 Å². The summed E-state index contributed by atoms with van der Waals surface area (Å²) in [4.78, 5) is 32.0.